The summed E-state index contributed by atoms with van der Waals surface area (Å²) in [6, 6.07) is 17.8. The summed E-state index contributed by atoms with van der Waals surface area (Å²) < 4.78 is 7.53. The zero-order valence-electron chi connectivity index (χ0n) is 16.1. The molecule has 0 aliphatic heterocycles. The zero-order chi connectivity index (χ0) is 19.1. The molecule has 0 unspecified atom stereocenters. The Bertz CT molecular complexity index is 876. The summed E-state index contributed by atoms with van der Waals surface area (Å²) in [5.74, 6) is 1.21. The highest BCUT2D eigenvalue weighted by molar-refractivity contribution is 14.0. The van der Waals surface area contributed by atoms with Gasteiger partial charge in [-0.1, -0.05) is 24.3 Å². The van der Waals surface area contributed by atoms with Gasteiger partial charge in [0.1, 0.15) is 5.75 Å². The first kappa shape index (κ1) is 21.7. The molecule has 3 rings (SSSR count). The van der Waals surface area contributed by atoms with Gasteiger partial charge in [0.25, 0.3) is 0 Å². The Morgan fingerprint density at radius 3 is 2.46 bits per heavy atom. The fourth-order valence-electron chi connectivity index (χ4n) is 2.68. The summed E-state index contributed by atoms with van der Waals surface area (Å²) in [5.41, 5.74) is 9.22. The number of nitrogens with one attached hydrogen (secondary N) is 1. The average molecular weight is 491 g/mol. The lowest BCUT2D eigenvalue weighted by Crippen LogP contribution is -2.22. The van der Waals surface area contributed by atoms with Crippen molar-refractivity contribution < 1.29 is 4.74 Å². The maximum absolute atomic E-state index is 6.05. The van der Waals surface area contributed by atoms with E-state index in [2.05, 4.69) is 27.5 Å². The van der Waals surface area contributed by atoms with Crippen molar-refractivity contribution in [3.8, 4) is 5.75 Å². The van der Waals surface area contributed by atoms with Gasteiger partial charge in [-0.05, 0) is 55.3 Å². The van der Waals surface area contributed by atoms with Crippen LogP contribution in [0.3, 0.4) is 0 Å². The van der Waals surface area contributed by atoms with Gasteiger partial charge < -0.3 is 15.8 Å². The van der Waals surface area contributed by atoms with E-state index in [-0.39, 0.29) is 30.1 Å². The van der Waals surface area contributed by atoms with Gasteiger partial charge >= 0.3 is 0 Å². The molecule has 148 valence electrons. The van der Waals surface area contributed by atoms with E-state index in [1.807, 2.05) is 67.2 Å². The minimum absolute atomic E-state index is 0. The van der Waals surface area contributed by atoms with Crippen LogP contribution in [-0.4, -0.2) is 21.8 Å². The van der Waals surface area contributed by atoms with Gasteiger partial charge in [0.05, 0.1) is 19.2 Å². The molecule has 1 heterocycles. The number of guanidine groups is 1. The lowest BCUT2D eigenvalue weighted by molar-refractivity contribution is 0.242. The Kier molecular flexibility index (Phi) is 8.31. The van der Waals surface area contributed by atoms with Crippen LogP contribution in [0.4, 0.5) is 5.69 Å². The Balaban J connectivity index is 0.00000280. The highest BCUT2D eigenvalue weighted by atomic mass is 127. The van der Waals surface area contributed by atoms with Crippen LogP contribution < -0.4 is 15.8 Å². The zero-order valence-corrected chi connectivity index (χ0v) is 18.4. The first-order valence-corrected chi connectivity index (χ1v) is 8.98. The molecule has 3 N–H and O–H groups in total. The second-order valence-electron chi connectivity index (χ2n) is 6.49. The number of halogens is 1. The number of hydrogen-bond acceptors (Lipinski definition) is 3. The number of nitrogens with two attached hydrogens (primary N) is 1. The molecule has 0 saturated carbocycles. The first-order chi connectivity index (χ1) is 13.1. The van der Waals surface area contributed by atoms with Crippen molar-refractivity contribution in [1.29, 1.82) is 0 Å². The van der Waals surface area contributed by atoms with Crippen molar-refractivity contribution >= 4 is 35.6 Å². The van der Waals surface area contributed by atoms with Crippen molar-refractivity contribution in [2.45, 2.75) is 33.0 Å². The van der Waals surface area contributed by atoms with Crippen LogP contribution in [0.1, 0.15) is 25.0 Å². The summed E-state index contributed by atoms with van der Waals surface area (Å²) >= 11 is 0. The fraction of sp³-hybridized carbons (Fsp3) is 0.238. The lowest BCUT2D eigenvalue weighted by atomic mass is 10.1. The number of aliphatic imine (C=N–C) groups is 1. The van der Waals surface area contributed by atoms with E-state index in [1.165, 1.54) is 5.56 Å². The predicted octanol–water partition coefficient (Wildman–Crippen LogP) is 4.26. The van der Waals surface area contributed by atoms with E-state index in [4.69, 9.17) is 10.5 Å². The minimum Gasteiger partial charge on any atom is -0.491 e. The highest BCUT2D eigenvalue weighted by Gasteiger charge is 2.04. The molecule has 3 aromatic rings. The molecule has 0 spiro atoms. The second kappa shape index (κ2) is 10.7. The van der Waals surface area contributed by atoms with E-state index < -0.39 is 0 Å². The quantitative estimate of drug-likeness (QED) is 0.294. The molecule has 0 aliphatic carbocycles. The maximum atomic E-state index is 6.05. The Hall–Kier alpha value is -2.55. The third-order valence-electron chi connectivity index (χ3n) is 3.93. The molecule has 0 bridgehead atoms. The highest BCUT2D eigenvalue weighted by Crippen LogP contribution is 2.17. The molecule has 0 aliphatic rings. The molecule has 0 fully saturated rings. The van der Waals surface area contributed by atoms with Crippen LogP contribution in [-0.2, 0) is 13.1 Å². The Morgan fingerprint density at radius 2 is 1.82 bits per heavy atom. The first-order valence-electron chi connectivity index (χ1n) is 8.98. The molecule has 0 amide bonds. The molecule has 0 saturated heterocycles. The number of rotatable bonds is 7. The van der Waals surface area contributed by atoms with Gasteiger partial charge in [0.2, 0.25) is 0 Å². The molecule has 0 radical (unpaired) electrons. The van der Waals surface area contributed by atoms with Crippen LogP contribution in [0.25, 0.3) is 0 Å². The summed E-state index contributed by atoms with van der Waals surface area (Å²) in [7, 11) is 0. The molecule has 1 aromatic heterocycles. The third kappa shape index (κ3) is 6.56. The topological polar surface area (TPSA) is 77.5 Å². The summed E-state index contributed by atoms with van der Waals surface area (Å²) in [5, 5.41) is 7.37. The third-order valence-corrected chi connectivity index (χ3v) is 3.93. The van der Waals surface area contributed by atoms with Crippen molar-refractivity contribution in [3.63, 3.8) is 0 Å². The van der Waals surface area contributed by atoms with Crippen molar-refractivity contribution in [1.82, 2.24) is 9.78 Å². The average Bonchev–Trinajstić information content (AvgIpc) is 3.15. The number of anilines is 1. The number of hydrogen-bond donors (Lipinski definition) is 2. The molecule has 0 atom stereocenters. The van der Waals surface area contributed by atoms with Gasteiger partial charge in [-0.15, -0.1) is 24.0 Å². The lowest BCUT2D eigenvalue weighted by Gasteiger charge is -2.11. The van der Waals surface area contributed by atoms with Gasteiger partial charge in [-0.3, -0.25) is 4.68 Å². The summed E-state index contributed by atoms with van der Waals surface area (Å²) in [4.78, 5) is 4.47. The Labute approximate surface area is 182 Å². The van der Waals surface area contributed by atoms with Crippen LogP contribution in [0.2, 0.25) is 0 Å². The van der Waals surface area contributed by atoms with E-state index in [0.717, 1.165) is 17.0 Å². The van der Waals surface area contributed by atoms with Crippen LogP contribution in [0.5, 0.6) is 5.75 Å². The molecular weight excluding hydrogens is 465 g/mol. The molecule has 7 heteroatoms. The Morgan fingerprint density at radius 1 is 1.11 bits per heavy atom. The van der Waals surface area contributed by atoms with E-state index in [9.17, 15) is 0 Å². The van der Waals surface area contributed by atoms with Gasteiger partial charge in [-0.25, -0.2) is 4.99 Å². The van der Waals surface area contributed by atoms with Gasteiger partial charge in [0, 0.05) is 18.1 Å². The maximum Gasteiger partial charge on any atom is 0.193 e. The number of aromatic nitrogens is 2. The SMILES string of the molecule is CC(C)Oc1ccc(NC(N)=NCc2ccccc2Cn2cccn2)cc1.I. The fourth-order valence-corrected chi connectivity index (χ4v) is 2.68. The van der Waals surface area contributed by atoms with Crippen LogP contribution in [0.15, 0.2) is 72.0 Å². The van der Waals surface area contributed by atoms with Crippen molar-refractivity contribution in [2.24, 2.45) is 10.7 Å². The standard InChI is InChI=1S/C21H25N5O.HI/c1-16(2)27-20-10-8-19(9-11-20)25-21(22)23-14-17-6-3-4-7-18(17)15-26-13-5-12-24-26;/h3-13,16H,14-15H2,1-2H3,(H3,22,23,25);1H. The predicted molar refractivity (Wildman–Crippen MR) is 124 cm³/mol. The molecular formula is C21H26IN5O. The van der Waals surface area contributed by atoms with E-state index >= 15 is 0 Å². The van der Waals surface area contributed by atoms with E-state index in [0.29, 0.717) is 19.0 Å². The number of benzene rings is 2. The monoisotopic (exact) mass is 491 g/mol. The number of ether oxygens (including phenoxy) is 1. The second-order valence-corrected chi connectivity index (χ2v) is 6.49. The minimum atomic E-state index is 0. The van der Waals surface area contributed by atoms with E-state index in [1.54, 1.807) is 6.20 Å². The van der Waals surface area contributed by atoms with Crippen LogP contribution in [0, 0.1) is 0 Å². The largest absolute Gasteiger partial charge is 0.491 e. The molecule has 6 nitrogen and oxygen atoms in total. The van der Waals surface area contributed by atoms with Gasteiger partial charge in [-0.2, -0.15) is 5.10 Å². The summed E-state index contributed by atoms with van der Waals surface area (Å²) in [6.07, 6.45) is 3.88. The van der Waals surface area contributed by atoms with Crippen LogP contribution >= 0.6 is 24.0 Å². The molecule has 2 aromatic carbocycles. The van der Waals surface area contributed by atoms with Crippen molar-refractivity contribution in [3.05, 3.63) is 78.1 Å². The molecule has 28 heavy (non-hydrogen) atoms. The van der Waals surface area contributed by atoms with Crippen molar-refractivity contribution in [2.75, 3.05) is 5.32 Å². The summed E-state index contributed by atoms with van der Waals surface area (Å²) in [6.45, 7) is 5.22. The smallest absolute Gasteiger partial charge is 0.193 e. The number of nitrogens with zero attached hydrogens (tertiary/aromatic N) is 3. The van der Waals surface area contributed by atoms with Gasteiger partial charge in [0.15, 0.2) is 5.96 Å². The normalized spacial score (nSPS) is 11.2.